The predicted molar refractivity (Wildman–Crippen MR) is 99.9 cm³/mol. The lowest BCUT2D eigenvalue weighted by Crippen LogP contribution is -2.34. The summed E-state index contributed by atoms with van der Waals surface area (Å²) in [4.78, 5) is 21.1. The van der Waals surface area contributed by atoms with E-state index in [1.807, 2.05) is 32.0 Å². The average molecular weight is 380 g/mol. The summed E-state index contributed by atoms with van der Waals surface area (Å²) in [7, 11) is 0. The minimum absolute atomic E-state index is 0.269. The fourth-order valence-corrected chi connectivity index (χ4v) is 3.20. The van der Waals surface area contributed by atoms with Crippen molar-refractivity contribution in [3.63, 3.8) is 0 Å². The zero-order valence-corrected chi connectivity index (χ0v) is 15.7. The summed E-state index contributed by atoms with van der Waals surface area (Å²) >= 11 is 0. The van der Waals surface area contributed by atoms with Gasteiger partial charge in [0, 0.05) is 36.3 Å². The maximum atomic E-state index is 11.1. The number of pyridine rings is 2. The number of fused-ring (bicyclic) bond motifs is 1. The first kappa shape index (κ1) is 18.0. The topological polar surface area (TPSA) is 102 Å². The molecular formula is C20H20N4O4. The third kappa shape index (κ3) is 3.53. The largest absolute Gasteiger partial charge is 0.473 e. The fraction of sp³-hybridized carbons (Fsp3) is 0.300. The van der Waals surface area contributed by atoms with Gasteiger partial charge in [0.1, 0.15) is 18.1 Å². The van der Waals surface area contributed by atoms with Crippen molar-refractivity contribution < 1.29 is 19.2 Å². The number of aromatic nitrogens is 3. The van der Waals surface area contributed by atoms with E-state index in [0.29, 0.717) is 36.8 Å². The van der Waals surface area contributed by atoms with Crippen LogP contribution in [-0.4, -0.2) is 37.8 Å². The van der Waals surface area contributed by atoms with Crippen LogP contribution in [-0.2, 0) is 19.6 Å². The Hall–Kier alpha value is -3.42. The van der Waals surface area contributed by atoms with Gasteiger partial charge in [-0.25, -0.2) is 9.78 Å². The Morgan fingerprint density at radius 1 is 1.25 bits per heavy atom. The van der Waals surface area contributed by atoms with Gasteiger partial charge in [0.05, 0.1) is 12.1 Å². The molecule has 4 heterocycles. The van der Waals surface area contributed by atoms with E-state index in [-0.39, 0.29) is 6.61 Å². The van der Waals surface area contributed by atoms with E-state index >= 15 is 0 Å². The van der Waals surface area contributed by atoms with Gasteiger partial charge in [-0.2, -0.15) is 0 Å². The highest BCUT2D eigenvalue weighted by atomic mass is 16.5. The summed E-state index contributed by atoms with van der Waals surface area (Å²) < 4.78 is 11.3. The van der Waals surface area contributed by atoms with Crippen molar-refractivity contribution >= 4 is 6.09 Å². The van der Waals surface area contributed by atoms with Gasteiger partial charge in [-0.1, -0.05) is 5.16 Å². The molecule has 1 N–H and O–H groups in total. The second-order valence-corrected chi connectivity index (χ2v) is 6.79. The quantitative estimate of drug-likeness (QED) is 0.740. The van der Waals surface area contributed by atoms with Crippen LogP contribution in [0.5, 0.6) is 5.88 Å². The van der Waals surface area contributed by atoms with E-state index < -0.39 is 6.09 Å². The Morgan fingerprint density at radius 2 is 2.11 bits per heavy atom. The van der Waals surface area contributed by atoms with Gasteiger partial charge in [0.2, 0.25) is 5.88 Å². The number of ether oxygens (including phenoxy) is 1. The lowest BCUT2D eigenvalue weighted by Gasteiger charge is -2.26. The monoisotopic (exact) mass is 380 g/mol. The number of amides is 1. The third-order valence-corrected chi connectivity index (χ3v) is 4.87. The summed E-state index contributed by atoms with van der Waals surface area (Å²) in [5.41, 5.74) is 5.33. The van der Waals surface area contributed by atoms with E-state index in [1.54, 1.807) is 12.4 Å². The standard InChI is InChI=1S/C20H20N4O4/c1-12-3-4-15(8-21-12)19-17(13(2)28-23-19)11-27-18-7-14-5-6-24(20(25)26)10-16(14)9-22-18/h3-4,7-9H,5-6,10-11H2,1-2H3,(H,25,26). The van der Waals surface area contributed by atoms with E-state index in [9.17, 15) is 4.79 Å². The number of carbonyl (C=O) groups is 1. The van der Waals surface area contributed by atoms with Crippen LogP contribution in [0.1, 0.15) is 28.1 Å². The number of aryl methyl sites for hydroxylation is 2. The smallest absolute Gasteiger partial charge is 0.407 e. The van der Waals surface area contributed by atoms with E-state index in [4.69, 9.17) is 14.4 Å². The summed E-state index contributed by atoms with van der Waals surface area (Å²) in [5, 5.41) is 13.3. The zero-order chi connectivity index (χ0) is 19.7. The van der Waals surface area contributed by atoms with Crippen LogP contribution in [0.2, 0.25) is 0 Å². The number of carboxylic acid groups (broad SMARTS) is 1. The first-order valence-corrected chi connectivity index (χ1v) is 8.98. The molecule has 0 aliphatic carbocycles. The number of rotatable bonds is 4. The van der Waals surface area contributed by atoms with E-state index in [2.05, 4.69) is 15.1 Å². The molecule has 3 aromatic heterocycles. The maximum Gasteiger partial charge on any atom is 0.407 e. The molecule has 0 saturated carbocycles. The number of hydrogen-bond donors (Lipinski definition) is 1. The molecule has 1 amide bonds. The molecule has 144 valence electrons. The van der Waals surface area contributed by atoms with E-state index in [0.717, 1.165) is 27.9 Å². The van der Waals surface area contributed by atoms with Crippen molar-refractivity contribution in [2.24, 2.45) is 0 Å². The van der Waals surface area contributed by atoms with Gasteiger partial charge >= 0.3 is 6.09 Å². The minimum Gasteiger partial charge on any atom is -0.473 e. The zero-order valence-electron chi connectivity index (χ0n) is 15.7. The molecule has 0 spiro atoms. The highest BCUT2D eigenvalue weighted by Crippen LogP contribution is 2.27. The lowest BCUT2D eigenvalue weighted by atomic mass is 10.0. The molecule has 4 rings (SSSR count). The van der Waals surface area contributed by atoms with Crippen LogP contribution in [0, 0.1) is 13.8 Å². The van der Waals surface area contributed by atoms with Crippen LogP contribution in [0.4, 0.5) is 4.79 Å². The molecule has 1 aliphatic heterocycles. The van der Waals surface area contributed by atoms with Crippen LogP contribution < -0.4 is 4.74 Å². The molecule has 0 saturated heterocycles. The minimum atomic E-state index is -0.910. The van der Waals surface area contributed by atoms with Crippen molar-refractivity contribution in [1.82, 2.24) is 20.0 Å². The highest BCUT2D eigenvalue weighted by molar-refractivity contribution is 5.65. The summed E-state index contributed by atoms with van der Waals surface area (Å²) in [6.45, 7) is 4.87. The van der Waals surface area contributed by atoms with E-state index in [1.165, 1.54) is 4.90 Å². The molecule has 0 unspecified atom stereocenters. The normalized spacial score (nSPS) is 13.3. The van der Waals surface area contributed by atoms with Gasteiger partial charge in [0.15, 0.2) is 0 Å². The lowest BCUT2D eigenvalue weighted by molar-refractivity contribution is 0.139. The Morgan fingerprint density at radius 3 is 2.86 bits per heavy atom. The Labute approximate surface area is 161 Å². The second kappa shape index (κ2) is 7.30. The third-order valence-electron chi connectivity index (χ3n) is 4.87. The van der Waals surface area contributed by atoms with Gasteiger partial charge < -0.3 is 19.3 Å². The molecule has 8 nitrogen and oxygen atoms in total. The molecule has 3 aromatic rings. The van der Waals surface area contributed by atoms with Crippen LogP contribution >= 0.6 is 0 Å². The second-order valence-electron chi connectivity index (χ2n) is 6.79. The molecule has 28 heavy (non-hydrogen) atoms. The summed E-state index contributed by atoms with van der Waals surface area (Å²) in [6.07, 6.45) is 3.19. The van der Waals surface area contributed by atoms with Gasteiger partial charge in [-0.15, -0.1) is 0 Å². The molecule has 0 bridgehead atoms. The van der Waals surface area contributed by atoms with Crippen molar-refractivity contribution in [1.29, 1.82) is 0 Å². The van der Waals surface area contributed by atoms with Crippen LogP contribution in [0.3, 0.4) is 0 Å². The highest BCUT2D eigenvalue weighted by Gasteiger charge is 2.21. The van der Waals surface area contributed by atoms with Crippen molar-refractivity contribution in [3.8, 4) is 17.1 Å². The predicted octanol–water partition coefficient (Wildman–Crippen LogP) is 3.36. The number of hydrogen-bond acceptors (Lipinski definition) is 6. The fourth-order valence-electron chi connectivity index (χ4n) is 3.20. The molecule has 0 atom stereocenters. The average Bonchev–Trinajstić information content (AvgIpc) is 3.06. The first-order valence-electron chi connectivity index (χ1n) is 8.98. The Kier molecular flexibility index (Phi) is 4.68. The molecule has 0 radical (unpaired) electrons. The van der Waals surface area contributed by atoms with Crippen molar-refractivity contribution in [2.45, 2.75) is 33.4 Å². The first-order chi connectivity index (χ1) is 13.5. The molecule has 0 aromatic carbocycles. The van der Waals surface area contributed by atoms with Gasteiger partial charge in [-0.3, -0.25) is 4.98 Å². The SMILES string of the molecule is Cc1ccc(-c2noc(C)c2COc2cc3c(cn2)CN(C(=O)O)CC3)cn1. The molecule has 1 aliphatic rings. The summed E-state index contributed by atoms with van der Waals surface area (Å²) in [5.74, 6) is 1.18. The molecular weight excluding hydrogens is 360 g/mol. The maximum absolute atomic E-state index is 11.1. The van der Waals surface area contributed by atoms with Gasteiger partial charge in [-0.05, 0) is 43.5 Å². The van der Waals surface area contributed by atoms with Crippen LogP contribution in [0.25, 0.3) is 11.3 Å². The molecule has 0 fully saturated rings. The Bertz CT molecular complexity index is 1010. The summed E-state index contributed by atoms with van der Waals surface area (Å²) in [6, 6.07) is 5.76. The van der Waals surface area contributed by atoms with Crippen molar-refractivity contribution in [3.05, 3.63) is 58.7 Å². The van der Waals surface area contributed by atoms with Crippen molar-refractivity contribution in [2.75, 3.05) is 6.54 Å². The molecule has 8 heteroatoms. The Balaban J connectivity index is 1.51. The van der Waals surface area contributed by atoms with Crippen LogP contribution in [0.15, 0.2) is 35.1 Å². The number of nitrogens with zero attached hydrogens (tertiary/aromatic N) is 4. The van der Waals surface area contributed by atoms with Gasteiger partial charge in [0.25, 0.3) is 0 Å².